The number of nitrogens with zero attached hydrogens (tertiary/aromatic N) is 6. The number of morpholine rings is 1. The number of aryl methyl sites for hydroxylation is 3. The summed E-state index contributed by atoms with van der Waals surface area (Å²) in [5.74, 6) is 0.988. The van der Waals surface area contributed by atoms with Crippen molar-refractivity contribution in [3.05, 3.63) is 41.5 Å². The predicted molar refractivity (Wildman–Crippen MR) is 135 cm³/mol. The third-order valence-electron chi connectivity index (χ3n) is 7.98. The standard InChI is InChI=1S/C26H35N7O/c1-16-9-19(33-14-22-24(15-33)34-8-6-27-22)11-28-25(16)20-5-7-32(13-17(20)2)23-10-18(3)30-26-21(23)12-29-31(26)4/h9-12,17,20,22,24,27H,5-8,13-15H2,1-4H3/t17-,20-,22?,24-/m1/s1. The number of nitrogens with one attached hydrogen (secondary N) is 1. The van der Waals surface area contributed by atoms with Gasteiger partial charge in [-0.15, -0.1) is 0 Å². The highest BCUT2D eigenvalue weighted by Gasteiger charge is 2.36. The Morgan fingerprint density at radius 1 is 1.09 bits per heavy atom. The molecule has 6 heterocycles. The first-order valence-corrected chi connectivity index (χ1v) is 12.6. The van der Waals surface area contributed by atoms with E-state index in [1.165, 1.54) is 22.6 Å². The van der Waals surface area contributed by atoms with Crippen LogP contribution in [0.25, 0.3) is 11.0 Å². The molecule has 1 N–H and O–H groups in total. The molecule has 0 bridgehead atoms. The first kappa shape index (κ1) is 21.8. The van der Waals surface area contributed by atoms with Crippen LogP contribution in [0.5, 0.6) is 0 Å². The summed E-state index contributed by atoms with van der Waals surface area (Å²) >= 11 is 0. The van der Waals surface area contributed by atoms with Crippen LogP contribution in [0.15, 0.2) is 24.5 Å². The maximum atomic E-state index is 5.96. The molecule has 34 heavy (non-hydrogen) atoms. The van der Waals surface area contributed by atoms with Crippen molar-refractivity contribution in [3.63, 3.8) is 0 Å². The van der Waals surface area contributed by atoms with Gasteiger partial charge in [0.25, 0.3) is 0 Å². The Bertz CT molecular complexity index is 1190. The van der Waals surface area contributed by atoms with Crippen LogP contribution in [-0.2, 0) is 11.8 Å². The van der Waals surface area contributed by atoms with Crippen LogP contribution >= 0.6 is 0 Å². The van der Waals surface area contributed by atoms with E-state index in [0.717, 1.165) is 62.5 Å². The van der Waals surface area contributed by atoms with E-state index in [1.54, 1.807) is 0 Å². The minimum atomic E-state index is 0.293. The molecule has 6 rings (SSSR count). The minimum absolute atomic E-state index is 0.293. The molecular formula is C26H35N7O. The van der Waals surface area contributed by atoms with Crippen molar-refractivity contribution >= 4 is 22.4 Å². The summed E-state index contributed by atoms with van der Waals surface area (Å²) in [6.07, 6.45) is 5.43. The van der Waals surface area contributed by atoms with E-state index in [0.29, 0.717) is 24.0 Å². The minimum Gasteiger partial charge on any atom is -0.373 e. The molecular weight excluding hydrogens is 426 g/mol. The highest BCUT2D eigenvalue weighted by Crippen LogP contribution is 2.38. The van der Waals surface area contributed by atoms with Gasteiger partial charge in [-0.2, -0.15) is 5.10 Å². The number of piperidine rings is 1. The number of ether oxygens (including phenoxy) is 1. The van der Waals surface area contributed by atoms with Gasteiger partial charge in [-0.25, -0.2) is 4.98 Å². The zero-order valence-corrected chi connectivity index (χ0v) is 20.7. The van der Waals surface area contributed by atoms with E-state index in [-0.39, 0.29) is 0 Å². The quantitative estimate of drug-likeness (QED) is 0.643. The lowest BCUT2D eigenvalue weighted by molar-refractivity contribution is 0.0212. The molecule has 0 aromatic carbocycles. The molecule has 3 fully saturated rings. The molecule has 3 aromatic rings. The van der Waals surface area contributed by atoms with Gasteiger partial charge in [-0.05, 0) is 43.9 Å². The Kier molecular flexibility index (Phi) is 5.45. The number of rotatable bonds is 3. The SMILES string of the molecule is Cc1cc(N2CC[C@@H](c3ncc(N4CC5NCCO[C@@H]5C4)cc3C)[C@H](C)C2)c2cnn(C)c2n1. The molecule has 0 spiro atoms. The first-order chi connectivity index (χ1) is 16.5. The Morgan fingerprint density at radius 3 is 2.76 bits per heavy atom. The number of pyridine rings is 2. The first-order valence-electron chi connectivity index (χ1n) is 12.6. The maximum Gasteiger partial charge on any atom is 0.159 e. The molecule has 8 nitrogen and oxygen atoms in total. The molecule has 8 heteroatoms. The molecule has 0 amide bonds. The number of aromatic nitrogens is 4. The van der Waals surface area contributed by atoms with Crippen LogP contribution in [0.4, 0.5) is 11.4 Å². The third-order valence-corrected chi connectivity index (χ3v) is 7.98. The Labute approximate surface area is 201 Å². The highest BCUT2D eigenvalue weighted by atomic mass is 16.5. The molecule has 3 aromatic heterocycles. The summed E-state index contributed by atoms with van der Waals surface area (Å²) in [6, 6.07) is 4.98. The van der Waals surface area contributed by atoms with Crippen molar-refractivity contribution in [2.24, 2.45) is 13.0 Å². The van der Waals surface area contributed by atoms with Crippen molar-refractivity contribution in [2.45, 2.75) is 45.3 Å². The van der Waals surface area contributed by atoms with Crippen molar-refractivity contribution < 1.29 is 4.74 Å². The summed E-state index contributed by atoms with van der Waals surface area (Å²) in [6.45, 7) is 12.4. The smallest absolute Gasteiger partial charge is 0.159 e. The topological polar surface area (TPSA) is 71.3 Å². The fraction of sp³-hybridized carbons (Fsp3) is 0.577. The summed E-state index contributed by atoms with van der Waals surface area (Å²) in [5.41, 5.74) is 7.04. The van der Waals surface area contributed by atoms with Crippen LogP contribution in [0.1, 0.15) is 36.2 Å². The monoisotopic (exact) mass is 461 g/mol. The van der Waals surface area contributed by atoms with Crippen LogP contribution < -0.4 is 15.1 Å². The zero-order chi connectivity index (χ0) is 23.4. The molecule has 0 radical (unpaired) electrons. The average Bonchev–Trinajstić information content (AvgIpc) is 3.43. The van der Waals surface area contributed by atoms with Crippen molar-refractivity contribution in [2.75, 3.05) is 49.1 Å². The van der Waals surface area contributed by atoms with E-state index in [2.05, 4.69) is 59.3 Å². The van der Waals surface area contributed by atoms with Gasteiger partial charge in [0.1, 0.15) is 0 Å². The van der Waals surface area contributed by atoms with E-state index in [1.807, 2.05) is 17.9 Å². The van der Waals surface area contributed by atoms with Crippen molar-refractivity contribution in [1.29, 1.82) is 0 Å². The second-order valence-corrected chi connectivity index (χ2v) is 10.4. The van der Waals surface area contributed by atoms with Gasteiger partial charge in [0.2, 0.25) is 0 Å². The van der Waals surface area contributed by atoms with Gasteiger partial charge in [0.15, 0.2) is 5.65 Å². The van der Waals surface area contributed by atoms with Gasteiger partial charge in [0.05, 0.1) is 47.9 Å². The van der Waals surface area contributed by atoms with Crippen LogP contribution in [-0.4, -0.2) is 71.2 Å². The van der Waals surface area contributed by atoms with E-state index < -0.39 is 0 Å². The lowest BCUT2D eigenvalue weighted by Crippen LogP contribution is -2.47. The zero-order valence-electron chi connectivity index (χ0n) is 20.7. The molecule has 0 saturated carbocycles. The van der Waals surface area contributed by atoms with Gasteiger partial charge < -0.3 is 19.9 Å². The summed E-state index contributed by atoms with van der Waals surface area (Å²) < 4.78 is 7.83. The third kappa shape index (κ3) is 3.73. The molecule has 0 aliphatic carbocycles. The lowest BCUT2D eigenvalue weighted by atomic mass is 9.82. The lowest BCUT2D eigenvalue weighted by Gasteiger charge is -2.39. The fourth-order valence-electron chi connectivity index (χ4n) is 6.19. The number of fused-ring (bicyclic) bond motifs is 2. The average molecular weight is 462 g/mol. The van der Waals surface area contributed by atoms with Gasteiger partial charge in [-0.1, -0.05) is 6.92 Å². The Balaban J connectivity index is 1.19. The largest absolute Gasteiger partial charge is 0.373 e. The number of anilines is 2. The van der Waals surface area contributed by atoms with Crippen molar-refractivity contribution in [1.82, 2.24) is 25.1 Å². The van der Waals surface area contributed by atoms with Gasteiger partial charge >= 0.3 is 0 Å². The summed E-state index contributed by atoms with van der Waals surface area (Å²) in [4.78, 5) is 14.7. The predicted octanol–water partition coefficient (Wildman–Crippen LogP) is 2.79. The molecule has 1 unspecified atom stereocenters. The Hall–Kier alpha value is -2.71. The van der Waals surface area contributed by atoms with Gasteiger partial charge in [0, 0.05) is 57.1 Å². The number of hydrogen-bond acceptors (Lipinski definition) is 7. The summed E-state index contributed by atoms with van der Waals surface area (Å²) in [5, 5.41) is 9.19. The van der Waals surface area contributed by atoms with Crippen LogP contribution in [0.2, 0.25) is 0 Å². The fourth-order valence-corrected chi connectivity index (χ4v) is 6.19. The van der Waals surface area contributed by atoms with Crippen LogP contribution in [0.3, 0.4) is 0 Å². The van der Waals surface area contributed by atoms with E-state index >= 15 is 0 Å². The number of hydrogen-bond donors (Lipinski definition) is 1. The molecule has 4 atom stereocenters. The van der Waals surface area contributed by atoms with E-state index in [9.17, 15) is 0 Å². The second kappa shape index (κ2) is 8.50. The molecule has 3 aliphatic heterocycles. The van der Waals surface area contributed by atoms with Gasteiger partial charge in [-0.3, -0.25) is 9.67 Å². The second-order valence-electron chi connectivity index (χ2n) is 10.4. The molecule has 180 valence electrons. The summed E-state index contributed by atoms with van der Waals surface area (Å²) in [7, 11) is 1.96. The van der Waals surface area contributed by atoms with E-state index in [4.69, 9.17) is 14.7 Å². The maximum absolute atomic E-state index is 5.96. The van der Waals surface area contributed by atoms with Crippen molar-refractivity contribution in [3.8, 4) is 0 Å². The highest BCUT2D eigenvalue weighted by molar-refractivity contribution is 5.89. The van der Waals surface area contributed by atoms with Crippen LogP contribution in [0, 0.1) is 19.8 Å². The normalized spacial score (nSPS) is 27.4. The molecule has 3 saturated heterocycles. The Morgan fingerprint density at radius 2 is 1.97 bits per heavy atom. The molecule has 3 aliphatic rings.